The number of carbonyl (C=O) groups is 4. The second-order valence-electron chi connectivity index (χ2n) is 6.12. The summed E-state index contributed by atoms with van der Waals surface area (Å²) >= 11 is 0. The van der Waals surface area contributed by atoms with Gasteiger partial charge in [0, 0.05) is 12.3 Å². The molecule has 2 N–H and O–H groups in total. The number of ether oxygens (including phenoxy) is 2. The van der Waals surface area contributed by atoms with E-state index in [4.69, 9.17) is 0 Å². The van der Waals surface area contributed by atoms with E-state index in [2.05, 4.69) is 14.8 Å². The third kappa shape index (κ3) is 5.21. The molecule has 8 nitrogen and oxygen atoms in total. The maximum atomic E-state index is 12.1. The monoisotopic (exact) mass is 343 g/mol. The highest BCUT2D eigenvalue weighted by molar-refractivity contribution is 5.96. The van der Waals surface area contributed by atoms with Crippen LogP contribution >= 0.6 is 0 Å². The Labute approximate surface area is 140 Å². The fourth-order valence-corrected chi connectivity index (χ4v) is 3.10. The lowest BCUT2D eigenvalue weighted by atomic mass is 9.87. The van der Waals surface area contributed by atoms with Gasteiger partial charge in [-0.05, 0) is 18.8 Å². The molecule has 0 aromatic carbocycles. The number of carboxylic acids is 1. The molecule has 0 aliphatic heterocycles. The van der Waals surface area contributed by atoms with Crippen molar-refractivity contribution in [2.24, 2.45) is 17.8 Å². The van der Waals surface area contributed by atoms with Gasteiger partial charge in [0.15, 0.2) is 5.92 Å². The van der Waals surface area contributed by atoms with Gasteiger partial charge in [-0.1, -0.05) is 19.8 Å². The van der Waals surface area contributed by atoms with Crippen LogP contribution in [-0.2, 0) is 28.7 Å². The summed E-state index contributed by atoms with van der Waals surface area (Å²) < 4.78 is 9.11. The second-order valence-corrected chi connectivity index (χ2v) is 6.12. The van der Waals surface area contributed by atoms with Crippen LogP contribution in [0.4, 0.5) is 0 Å². The smallest absolute Gasteiger partial charge is 0.326 e. The Morgan fingerprint density at radius 3 is 2.00 bits per heavy atom. The topological polar surface area (TPSA) is 119 Å². The molecule has 1 rings (SSSR count). The van der Waals surface area contributed by atoms with Crippen molar-refractivity contribution in [1.29, 1.82) is 0 Å². The number of carboxylic acid groups (broad SMARTS) is 1. The minimum atomic E-state index is -1.42. The van der Waals surface area contributed by atoms with E-state index in [0.29, 0.717) is 0 Å². The van der Waals surface area contributed by atoms with E-state index >= 15 is 0 Å². The molecule has 0 bridgehead atoms. The number of esters is 2. The molecule has 1 aliphatic carbocycles. The molecule has 0 saturated heterocycles. The molecule has 1 saturated carbocycles. The fraction of sp³-hybridized carbons (Fsp3) is 0.750. The average molecular weight is 343 g/mol. The van der Waals surface area contributed by atoms with Gasteiger partial charge in [0.25, 0.3) is 0 Å². The van der Waals surface area contributed by atoms with Gasteiger partial charge in [-0.3, -0.25) is 14.4 Å². The van der Waals surface area contributed by atoms with Crippen LogP contribution in [0.2, 0.25) is 0 Å². The summed E-state index contributed by atoms with van der Waals surface area (Å²) in [6.45, 7) is 1.40. The molecule has 136 valence electrons. The summed E-state index contributed by atoms with van der Waals surface area (Å²) in [7, 11) is 2.19. The molecule has 0 spiro atoms. The van der Waals surface area contributed by atoms with Gasteiger partial charge >= 0.3 is 17.9 Å². The van der Waals surface area contributed by atoms with Crippen molar-refractivity contribution in [3.8, 4) is 0 Å². The highest BCUT2D eigenvalue weighted by Crippen LogP contribution is 2.27. The quantitative estimate of drug-likeness (QED) is 0.492. The van der Waals surface area contributed by atoms with Crippen LogP contribution < -0.4 is 5.32 Å². The predicted molar refractivity (Wildman–Crippen MR) is 82.8 cm³/mol. The lowest BCUT2D eigenvalue weighted by Gasteiger charge is -2.26. The molecule has 1 amide bonds. The van der Waals surface area contributed by atoms with Gasteiger partial charge in [0.2, 0.25) is 5.91 Å². The third-order valence-corrected chi connectivity index (χ3v) is 4.49. The number of hydrogen-bond acceptors (Lipinski definition) is 6. The van der Waals surface area contributed by atoms with Crippen molar-refractivity contribution in [1.82, 2.24) is 5.32 Å². The molecule has 0 radical (unpaired) electrons. The highest BCUT2D eigenvalue weighted by atomic mass is 16.5. The van der Waals surface area contributed by atoms with E-state index in [1.54, 1.807) is 0 Å². The Hall–Kier alpha value is -2.12. The normalized spacial score (nSPS) is 17.2. The third-order valence-electron chi connectivity index (χ3n) is 4.49. The van der Waals surface area contributed by atoms with Gasteiger partial charge in [0.05, 0.1) is 14.2 Å². The zero-order valence-corrected chi connectivity index (χ0v) is 14.2. The van der Waals surface area contributed by atoms with Crippen molar-refractivity contribution < 1.29 is 33.8 Å². The molecule has 1 fully saturated rings. The Morgan fingerprint density at radius 1 is 1.08 bits per heavy atom. The summed E-state index contributed by atoms with van der Waals surface area (Å²) in [5, 5.41) is 11.8. The van der Waals surface area contributed by atoms with Gasteiger partial charge in [0.1, 0.15) is 6.04 Å². The van der Waals surface area contributed by atoms with E-state index < -0.39 is 41.7 Å². The summed E-state index contributed by atoms with van der Waals surface area (Å²) in [5.74, 6) is -5.69. The zero-order valence-electron chi connectivity index (χ0n) is 14.2. The van der Waals surface area contributed by atoms with Gasteiger partial charge < -0.3 is 19.9 Å². The fourth-order valence-electron chi connectivity index (χ4n) is 3.10. The first-order valence-corrected chi connectivity index (χ1v) is 7.99. The lowest BCUT2D eigenvalue weighted by Crippen LogP contribution is -2.50. The molecule has 8 heteroatoms. The van der Waals surface area contributed by atoms with Gasteiger partial charge in [-0.15, -0.1) is 0 Å². The van der Waals surface area contributed by atoms with Crippen molar-refractivity contribution in [2.45, 2.75) is 45.1 Å². The number of rotatable bonds is 8. The Bertz CT molecular complexity index is 469. The van der Waals surface area contributed by atoms with Crippen LogP contribution in [0, 0.1) is 17.8 Å². The first-order chi connectivity index (χ1) is 11.3. The minimum Gasteiger partial charge on any atom is -0.480 e. The first-order valence-electron chi connectivity index (χ1n) is 7.99. The van der Waals surface area contributed by atoms with Crippen LogP contribution in [0.3, 0.4) is 0 Å². The molecule has 0 heterocycles. The minimum absolute atomic E-state index is 0.248. The highest BCUT2D eigenvalue weighted by Gasteiger charge is 2.42. The average Bonchev–Trinajstić information content (AvgIpc) is 3.04. The van der Waals surface area contributed by atoms with Crippen molar-refractivity contribution in [2.75, 3.05) is 14.2 Å². The Morgan fingerprint density at radius 2 is 1.58 bits per heavy atom. The van der Waals surface area contributed by atoms with Gasteiger partial charge in [-0.25, -0.2) is 4.79 Å². The van der Waals surface area contributed by atoms with Crippen LogP contribution in [0.15, 0.2) is 0 Å². The molecule has 2 atom stereocenters. The van der Waals surface area contributed by atoms with E-state index in [1.165, 1.54) is 6.92 Å². The Balaban J connectivity index is 2.83. The SMILES string of the molecule is COC(=O)C(C(=O)OC)[C@H](C)[C@@H](NC(=O)CC1CCCC1)C(=O)O. The van der Waals surface area contributed by atoms with Crippen molar-refractivity contribution in [3.05, 3.63) is 0 Å². The maximum absolute atomic E-state index is 12.1. The number of hydrogen-bond donors (Lipinski definition) is 2. The Kier molecular flexibility index (Phi) is 7.67. The summed E-state index contributed by atoms with van der Waals surface area (Å²) in [4.78, 5) is 47.3. The number of nitrogens with one attached hydrogen (secondary N) is 1. The van der Waals surface area contributed by atoms with E-state index in [1.807, 2.05) is 0 Å². The first kappa shape index (κ1) is 19.9. The lowest BCUT2D eigenvalue weighted by molar-refractivity contribution is -0.163. The largest absolute Gasteiger partial charge is 0.480 e. The van der Waals surface area contributed by atoms with Crippen molar-refractivity contribution >= 4 is 23.8 Å². The molecule has 1 aliphatic rings. The molecule has 0 aromatic rings. The van der Waals surface area contributed by atoms with E-state index in [0.717, 1.165) is 39.9 Å². The molecular formula is C16H25NO7. The number of amides is 1. The van der Waals surface area contributed by atoms with Crippen LogP contribution in [-0.4, -0.2) is 49.2 Å². The molecule has 24 heavy (non-hydrogen) atoms. The van der Waals surface area contributed by atoms with E-state index in [-0.39, 0.29) is 12.3 Å². The molecular weight excluding hydrogens is 318 g/mol. The van der Waals surface area contributed by atoms with Crippen molar-refractivity contribution in [3.63, 3.8) is 0 Å². The number of methoxy groups -OCH3 is 2. The number of aliphatic carboxylic acids is 1. The maximum Gasteiger partial charge on any atom is 0.326 e. The van der Waals surface area contributed by atoms with E-state index in [9.17, 15) is 24.3 Å². The van der Waals surface area contributed by atoms with Crippen LogP contribution in [0.1, 0.15) is 39.0 Å². The molecule has 0 aromatic heterocycles. The summed E-state index contributed by atoms with van der Waals surface area (Å²) in [6, 6.07) is -1.39. The standard InChI is InChI=1S/C16H25NO7/c1-9(12(15(21)23-2)16(22)24-3)13(14(19)20)17-11(18)8-10-6-4-5-7-10/h9-10,12-13H,4-8H2,1-3H3,(H,17,18)(H,19,20)/t9-,13+/m0/s1. The molecule has 0 unspecified atom stereocenters. The van der Waals surface area contributed by atoms with Gasteiger partial charge in [-0.2, -0.15) is 0 Å². The zero-order chi connectivity index (χ0) is 18.3. The second kappa shape index (κ2) is 9.24. The number of carbonyl (C=O) groups excluding carboxylic acids is 3. The van der Waals surface area contributed by atoms with Crippen LogP contribution in [0.25, 0.3) is 0 Å². The van der Waals surface area contributed by atoms with Crippen LogP contribution in [0.5, 0.6) is 0 Å². The summed E-state index contributed by atoms with van der Waals surface area (Å²) in [5.41, 5.74) is 0. The predicted octanol–water partition coefficient (Wildman–Crippen LogP) is 0.734. The summed E-state index contributed by atoms with van der Waals surface area (Å²) in [6.07, 6.45) is 4.30.